The molecule has 0 aromatic carbocycles. The summed E-state index contributed by atoms with van der Waals surface area (Å²) >= 11 is 0. The Morgan fingerprint density at radius 2 is 1.57 bits per heavy atom. The van der Waals surface area contributed by atoms with Gasteiger partial charge in [0.2, 0.25) is 11.8 Å². The molecule has 23 heavy (non-hydrogen) atoms. The summed E-state index contributed by atoms with van der Waals surface area (Å²) in [6.45, 7) is 0.372. The number of hydrogen-bond acceptors (Lipinski definition) is 7. The van der Waals surface area contributed by atoms with Gasteiger partial charge in [-0.3, -0.25) is 14.4 Å². The normalized spacial score (nSPS) is 15.8. The molecular weight excluding hydrogens is 314 g/mol. The van der Waals surface area contributed by atoms with Crippen molar-refractivity contribution in [2.24, 2.45) is 5.73 Å². The molecule has 0 heterocycles. The summed E-state index contributed by atoms with van der Waals surface area (Å²) in [6.07, 6.45) is -2.00. The summed E-state index contributed by atoms with van der Waals surface area (Å²) in [7, 11) is 0. The second-order valence-electron chi connectivity index (χ2n) is 4.84. The average Bonchev–Trinajstić information content (AvgIpc) is 2.46. The zero-order chi connectivity index (χ0) is 18.2. The van der Waals surface area contributed by atoms with E-state index in [9.17, 15) is 24.3 Å². The van der Waals surface area contributed by atoms with Crippen LogP contribution in [0.3, 0.4) is 0 Å². The smallest absolute Gasteiger partial charge is 0.328 e. The van der Waals surface area contributed by atoms with E-state index in [-0.39, 0.29) is 6.42 Å². The highest BCUT2D eigenvalue weighted by Crippen LogP contribution is 2.01. The van der Waals surface area contributed by atoms with Crippen molar-refractivity contribution in [2.75, 3.05) is 6.61 Å². The Hall–Kier alpha value is -2.24. The molecule has 2 amide bonds. The maximum atomic E-state index is 12.0. The highest BCUT2D eigenvalue weighted by molar-refractivity contribution is 5.92. The first kappa shape index (κ1) is 20.8. The first-order valence-electron chi connectivity index (χ1n) is 6.70. The first-order valence-corrected chi connectivity index (χ1v) is 6.70. The van der Waals surface area contributed by atoms with Gasteiger partial charge < -0.3 is 36.8 Å². The minimum absolute atomic E-state index is 0.322. The van der Waals surface area contributed by atoms with E-state index in [2.05, 4.69) is 5.32 Å². The third-order valence-electron chi connectivity index (χ3n) is 2.90. The predicted octanol–water partition coefficient (Wildman–Crippen LogP) is -3.39. The van der Waals surface area contributed by atoms with E-state index in [4.69, 9.17) is 21.1 Å². The summed E-state index contributed by atoms with van der Waals surface area (Å²) in [5.74, 6) is -4.61. The average molecular weight is 335 g/mol. The first-order chi connectivity index (χ1) is 10.6. The summed E-state index contributed by atoms with van der Waals surface area (Å²) in [6, 6.07) is -4.32. The topological polar surface area (TPSA) is 199 Å². The molecule has 0 spiro atoms. The number of aliphatic carboxylic acids is 2. The maximum absolute atomic E-state index is 12.0. The van der Waals surface area contributed by atoms with Crippen LogP contribution in [0.5, 0.6) is 0 Å². The van der Waals surface area contributed by atoms with Crippen LogP contribution in [0.4, 0.5) is 0 Å². The van der Waals surface area contributed by atoms with Gasteiger partial charge in [0.25, 0.3) is 0 Å². The van der Waals surface area contributed by atoms with Crippen LogP contribution >= 0.6 is 0 Å². The molecule has 0 aromatic rings. The quantitative estimate of drug-likeness (QED) is 0.212. The maximum Gasteiger partial charge on any atom is 0.328 e. The highest BCUT2D eigenvalue weighted by atomic mass is 16.4. The number of nitrogens with one attached hydrogen (secondary N) is 2. The third kappa shape index (κ3) is 7.54. The van der Waals surface area contributed by atoms with Gasteiger partial charge in [0, 0.05) is 6.42 Å². The molecule has 4 unspecified atom stereocenters. The molecule has 0 rings (SSSR count). The van der Waals surface area contributed by atoms with Crippen LogP contribution in [0.1, 0.15) is 19.8 Å². The number of rotatable bonds is 10. The van der Waals surface area contributed by atoms with E-state index in [1.807, 2.05) is 5.32 Å². The van der Waals surface area contributed by atoms with E-state index in [0.717, 1.165) is 0 Å². The van der Waals surface area contributed by atoms with E-state index < -0.39 is 61.0 Å². The number of nitrogens with two attached hydrogens (primary N) is 1. The SMILES string of the molecule is CC(O)C(N)C(=O)NC(CCC(=O)O)C(=O)NC(CO)C(=O)O. The molecule has 4 atom stereocenters. The Morgan fingerprint density at radius 3 is 1.96 bits per heavy atom. The van der Waals surface area contributed by atoms with Crippen LogP contribution in [-0.4, -0.2) is 75.0 Å². The molecule has 0 fully saturated rings. The van der Waals surface area contributed by atoms with Crippen molar-refractivity contribution >= 4 is 23.8 Å². The standard InChI is InChI=1S/C12H21N3O8/c1-5(17)9(13)11(21)14-6(2-3-8(18)19)10(20)15-7(4-16)12(22)23/h5-7,9,16-17H,2-4,13H2,1H3,(H,14,21)(H,15,20)(H,18,19)(H,22,23). The van der Waals surface area contributed by atoms with Gasteiger partial charge in [-0.25, -0.2) is 4.79 Å². The summed E-state index contributed by atoms with van der Waals surface area (Å²) in [5.41, 5.74) is 5.40. The Bertz CT molecular complexity index is 454. The Kier molecular flexibility index (Phi) is 8.77. The van der Waals surface area contributed by atoms with E-state index in [1.54, 1.807) is 0 Å². The van der Waals surface area contributed by atoms with Crippen molar-refractivity contribution in [3.63, 3.8) is 0 Å². The highest BCUT2D eigenvalue weighted by Gasteiger charge is 2.29. The van der Waals surface area contributed by atoms with Crippen molar-refractivity contribution in [1.29, 1.82) is 0 Å². The van der Waals surface area contributed by atoms with E-state index in [0.29, 0.717) is 0 Å². The number of hydrogen-bond donors (Lipinski definition) is 7. The zero-order valence-electron chi connectivity index (χ0n) is 12.4. The van der Waals surface area contributed by atoms with Gasteiger partial charge in [0.1, 0.15) is 18.1 Å². The van der Waals surface area contributed by atoms with Crippen LogP contribution in [-0.2, 0) is 19.2 Å². The predicted molar refractivity (Wildman–Crippen MR) is 75.1 cm³/mol. The van der Waals surface area contributed by atoms with Crippen LogP contribution in [0, 0.1) is 0 Å². The lowest BCUT2D eigenvalue weighted by molar-refractivity contribution is -0.144. The molecule has 0 aromatic heterocycles. The lowest BCUT2D eigenvalue weighted by Gasteiger charge is -2.22. The van der Waals surface area contributed by atoms with Gasteiger partial charge in [-0.15, -0.1) is 0 Å². The lowest BCUT2D eigenvalue weighted by atomic mass is 10.1. The summed E-state index contributed by atoms with van der Waals surface area (Å²) in [4.78, 5) is 45.1. The molecule has 0 aliphatic carbocycles. The minimum Gasteiger partial charge on any atom is -0.481 e. The van der Waals surface area contributed by atoms with E-state index in [1.165, 1.54) is 6.92 Å². The fourth-order valence-electron chi connectivity index (χ4n) is 1.48. The van der Waals surface area contributed by atoms with Gasteiger partial charge in [0.15, 0.2) is 0 Å². The molecule has 0 bridgehead atoms. The van der Waals surface area contributed by atoms with Crippen molar-refractivity contribution in [3.8, 4) is 0 Å². The number of aliphatic hydroxyl groups excluding tert-OH is 2. The second kappa shape index (κ2) is 9.71. The Morgan fingerprint density at radius 1 is 1.04 bits per heavy atom. The number of carboxylic acids is 2. The molecule has 0 aliphatic heterocycles. The number of amides is 2. The van der Waals surface area contributed by atoms with Crippen molar-refractivity contribution in [2.45, 2.75) is 44.0 Å². The summed E-state index contributed by atoms with van der Waals surface area (Å²) < 4.78 is 0. The molecule has 132 valence electrons. The number of aliphatic hydroxyl groups is 2. The lowest BCUT2D eigenvalue weighted by Crippen LogP contribution is -2.56. The van der Waals surface area contributed by atoms with Crippen LogP contribution in [0.25, 0.3) is 0 Å². The van der Waals surface area contributed by atoms with Gasteiger partial charge in [-0.05, 0) is 13.3 Å². The van der Waals surface area contributed by atoms with Crippen molar-refractivity contribution in [3.05, 3.63) is 0 Å². The monoisotopic (exact) mass is 335 g/mol. The molecule has 0 aliphatic rings. The van der Waals surface area contributed by atoms with Crippen LogP contribution in [0.15, 0.2) is 0 Å². The largest absolute Gasteiger partial charge is 0.481 e. The molecule has 8 N–H and O–H groups in total. The van der Waals surface area contributed by atoms with Crippen molar-refractivity contribution in [1.82, 2.24) is 10.6 Å². The van der Waals surface area contributed by atoms with Crippen molar-refractivity contribution < 1.29 is 39.6 Å². The van der Waals surface area contributed by atoms with E-state index >= 15 is 0 Å². The third-order valence-corrected chi connectivity index (χ3v) is 2.90. The molecule has 0 saturated carbocycles. The molecular formula is C12H21N3O8. The zero-order valence-corrected chi connectivity index (χ0v) is 12.4. The van der Waals surface area contributed by atoms with Gasteiger partial charge in [-0.1, -0.05) is 0 Å². The second-order valence-corrected chi connectivity index (χ2v) is 4.84. The molecule has 0 radical (unpaired) electrons. The van der Waals surface area contributed by atoms with Crippen LogP contribution in [0.2, 0.25) is 0 Å². The Labute approximate surface area is 131 Å². The fourth-order valence-corrected chi connectivity index (χ4v) is 1.48. The van der Waals surface area contributed by atoms with Crippen LogP contribution < -0.4 is 16.4 Å². The number of carbonyl (C=O) groups excluding carboxylic acids is 2. The number of carbonyl (C=O) groups is 4. The molecule has 11 heteroatoms. The number of carboxylic acid groups (broad SMARTS) is 2. The van der Waals surface area contributed by atoms with Gasteiger partial charge >= 0.3 is 11.9 Å². The summed E-state index contributed by atoms with van der Waals surface area (Å²) in [5, 5.41) is 39.6. The van der Waals surface area contributed by atoms with Gasteiger partial charge in [0.05, 0.1) is 12.7 Å². The fraction of sp³-hybridized carbons (Fsp3) is 0.667. The van der Waals surface area contributed by atoms with Gasteiger partial charge in [-0.2, -0.15) is 0 Å². The Balaban J connectivity index is 4.98. The molecule has 0 saturated heterocycles. The minimum atomic E-state index is -1.60. The molecule has 11 nitrogen and oxygen atoms in total.